The van der Waals surface area contributed by atoms with Gasteiger partial charge in [0.25, 0.3) is 0 Å². The van der Waals surface area contributed by atoms with Crippen LogP contribution in [-0.2, 0) is 14.8 Å². The molecular weight excluding hydrogens is 228 g/mol. The van der Waals surface area contributed by atoms with Crippen LogP contribution in [0.1, 0.15) is 6.42 Å². The van der Waals surface area contributed by atoms with Crippen molar-refractivity contribution in [3.05, 3.63) is 24.3 Å². The highest BCUT2D eigenvalue weighted by atomic mass is 32.2. The van der Waals surface area contributed by atoms with Crippen LogP contribution in [0.4, 0.5) is 5.69 Å². The molecule has 0 radical (unpaired) electrons. The minimum atomic E-state index is -3.60. The predicted molar refractivity (Wildman–Crippen MR) is 60.7 cm³/mol. The Morgan fingerprint density at radius 3 is 2.50 bits per heavy atom. The summed E-state index contributed by atoms with van der Waals surface area (Å²) in [5, 5.41) is 8.26. The second-order valence-corrected chi connectivity index (χ2v) is 5.34. The van der Waals surface area contributed by atoms with Crippen LogP contribution in [0, 0.1) is 0 Å². The molecule has 1 fully saturated rings. The summed E-state index contributed by atoms with van der Waals surface area (Å²) < 4.78 is 27.3. The van der Waals surface area contributed by atoms with Gasteiger partial charge in [0, 0.05) is 12.3 Å². The van der Waals surface area contributed by atoms with E-state index in [0.717, 1.165) is 18.7 Å². The molecular formula is C10H14N2O3S. The molecule has 16 heavy (non-hydrogen) atoms. The van der Waals surface area contributed by atoms with Crippen molar-refractivity contribution in [2.45, 2.75) is 17.4 Å². The van der Waals surface area contributed by atoms with E-state index < -0.39 is 10.0 Å². The van der Waals surface area contributed by atoms with Crippen molar-refractivity contribution in [3.8, 4) is 0 Å². The number of anilines is 1. The second kappa shape index (κ2) is 4.40. The van der Waals surface area contributed by atoms with Crippen molar-refractivity contribution in [1.82, 2.24) is 0 Å². The van der Waals surface area contributed by atoms with Gasteiger partial charge in [0.2, 0.25) is 10.0 Å². The van der Waals surface area contributed by atoms with Gasteiger partial charge in [-0.2, -0.15) is 0 Å². The minimum Gasteiger partial charge on any atom is -0.380 e. The monoisotopic (exact) mass is 242 g/mol. The first-order chi connectivity index (χ1) is 7.55. The van der Waals surface area contributed by atoms with Crippen LogP contribution in [0.25, 0.3) is 0 Å². The zero-order valence-electron chi connectivity index (χ0n) is 8.72. The van der Waals surface area contributed by atoms with Crippen LogP contribution in [0.15, 0.2) is 29.2 Å². The summed E-state index contributed by atoms with van der Waals surface area (Å²) in [6.07, 6.45) is 0.969. The van der Waals surface area contributed by atoms with Crippen LogP contribution in [0.2, 0.25) is 0 Å². The van der Waals surface area contributed by atoms with E-state index in [0.29, 0.717) is 12.6 Å². The lowest BCUT2D eigenvalue weighted by molar-refractivity contribution is 0.195. The molecule has 0 amide bonds. The molecule has 0 aliphatic carbocycles. The van der Waals surface area contributed by atoms with Crippen LogP contribution in [0.5, 0.6) is 0 Å². The fourth-order valence-corrected chi connectivity index (χ4v) is 2.14. The highest BCUT2D eigenvalue weighted by Gasteiger charge is 2.15. The van der Waals surface area contributed by atoms with Crippen molar-refractivity contribution in [2.24, 2.45) is 5.14 Å². The van der Waals surface area contributed by atoms with Crippen molar-refractivity contribution < 1.29 is 13.2 Å². The van der Waals surface area contributed by atoms with Gasteiger partial charge in [0.15, 0.2) is 0 Å². The molecule has 6 heteroatoms. The van der Waals surface area contributed by atoms with E-state index in [-0.39, 0.29) is 4.90 Å². The second-order valence-electron chi connectivity index (χ2n) is 3.77. The molecule has 1 aromatic carbocycles. The fraction of sp³-hybridized carbons (Fsp3) is 0.400. The number of sulfonamides is 1. The highest BCUT2D eigenvalue weighted by Crippen LogP contribution is 2.16. The van der Waals surface area contributed by atoms with Crippen molar-refractivity contribution in [2.75, 3.05) is 18.5 Å². The zero-order chi connectivity index (χ0) is 11.6. The average Bonchev–Trinajstić information content (AvgIpc) is 2.70. The van der Waals surface area contributed by atoms with Crippen LogP contribution in [0.3, 0.4) is 0 Å². The Bertz CT molecular complexity index is 449. The summed E-state index contributed by atoms with van der Waals surface area (Å²) >= 11 is 0. The Labute approximate surface area is 94.6 Å². The Morgan fingerprint density at radius 1 is 1.31 bits per heavy atom. The van der Waals surface area contributed by atoms with E-state index in [1.54, 1.807) is 12.1 Å². The summed E-state index contributed by atoms with van der Waals surface area (Å²) in [6.45, 7) is 1.46. The molecule has 0 aromatic heterocycles. The lowest BCUT2D eigenvalue weighted by atomic mass is 10.2. The molecule has 5 nitrogen and oxygen atoms in total. The van der Waals surface area contributed by atoms with Crippen molar-refractivity contribution >= 4 is 15.7 Å². The summed E-state index contributed by atoms with van der Waals surface area (Å²) in [6, 6.07) is 6.71. The molecule has 1 atom stereocenters. The maximum absolute atomic E-state index is 11.0. The maximum Gasteiger partial charge on any atom is 0.238 e. The standard InChI is InChI=1S/C10H14N2O3S/c11-16(13,14)10-3-1-8(2-4-10)12-9-5-6-15-7-9/h1-4,9,12H,5-7H2,(H2,11,13,14). The number of primary sulfonamides is 1. The largest absolute Gasteiger partial charge is 0.380 e. The number of hydrogen-bond acceptors (Lipinski definition) is 4. The fourth-order valence-electron chi connectivity index (χ4n) is 1.62. The summed E-state index contributed by atoms with van der Waals surface area (Å²) in [5.74, 6) is 0. The van der Waals surface area contributed by atoms with Crippen molar-refractivity contribution in [1.29, 1.82) is 0 Å². The smallest absolute Gasteiger partial charge is 0.238 e. The molecule has 2 rings (SSSR count). The molecule has 3 N–H and O–H groups in total. The third-order valence-electron chi connectivity index (χ3n) is 2.48. The first-order valence-corrected chi connectivity index (χ1v) is 6.57. The molecule has 0 spiro atoms. The molecule has 88 valence electrons. The number of ether oxygens (including phenoxy) is 1. The van der Waals surface area contributed by atoms with E-state index >= 15 is 0 Å². The van der Waals surface area contributed by atoms with Gasteiger partial charge in [-0.1, -0.05) is 0 Å². The minimum absolute atomic E-state index is 0.126. The highest BCUT2D eigenvalue weighted by molar-refractivity contribution is 7.89. The summed E-state index contributed by atoms with van der Waals surface area (Å²) in [7, 11) is -3.60. The lowest BCUT2D eigenvalue weighted by Gasteiger charge is -2.12. The number of hydrogen-bond donors (Lipinski definition) is 2. The van der Waals surface area contributed by atoms with Crippen molar-refractivity contribution in [3.63, 3.8) is 0 Å². The number of nitrogens with one attached hydrogen (secondary N) is 1. The van der Waals surface area contributed by atoms with E-state index in [4.69, 9.17) is 9.88 Å². The zero-order valence-corrected chi connectivity index (χ0v) is 9.53. The van der Waals surface area contributed by atoms with E-state index in [9.17, 15) is 8.42 Å². The van der Waals surface area contributed by atoms with Gasteiger partial charge in [-0.15, -0.1) is 0 Å². The van der Waals surface area contributed by atoms with Crippen LogP contribution in [-0.4, -0.2) is 27.7 Å². The first-order valence-electron chi connectivity index (χ1n) is 5.03. The van der Waals surface area contributed by atoms with Gasteiger partial charge >= 0.3 is 0 Å². The number of nitrogens with two attached hydrogens (primary N) is 1. The molecule has 1 aliphatic heterocycles. The Morgan fingerprint density at radius 2 is 2.00 bits per heavy atom. The van der Waals surface area contributed by atoms with Gasteiger partial charge in [-0.3, -0.25) is 0 Å². The van der Waals surface area contributed by atoms with Gasteiger partial charge in [-0.05, 0) is 30.7 Å². The quantitative estimate of drug-likeness (QED) is 0.810. The van der Waals surface area contributed by atoms with E-state index in [1.807, 2.05) is 0 Å². The molecule has 1 aromatic rings. The topological polar surface area (TPSA) is 81.4 Å². The SMILES string of the molecule is NS(=O)(=O)c1ccc(NC2CCOC2)cc1. The van der Waals surface area contributed by atoms with E-state index in [1.165, 1.54) is 12.1 Å². The third-order valence-corrected chi connectivity index (χ3v) is 3.41. The third kappa shape index (κ3) is 2.72. The molecule has 1 heterocycles. The average molecular weight is 242 g/mol. The molecule has 0 bridgehead atoms. The van der Waals surface area contributed by atoms with Gasteiger partial charge in [0.05, 0.1) is 17.5 Å². The molecule has 1 unspecified atom stereocenters. The van der Waals surface area contributed by atoms with E-state index in [2.05, 4.69) is 5.32 Å². The van der Waals surface area contributed by atoms with Gasteiger partial charge in [0.1, 0.15) is 0 Å². The van der Waals surface area contributed by atoms with Gasteiger partial charge in [-0.25, -0.2) is 13.6 Å². The number of benzene rings is 1. The Kier molecular flexibility index (Phi) is 3.13. The summed E-state index contributed by atoms with van der Waals surface area (Å²) in [5.41, 5.74) is 0.878. The molecule has 1 saturated heterocycles. The van der Waals surface area contributed by atoms with Crippen LogP contribution >= 0.6 is 0 Å². The first kappa shape index (κ1) is 11.4. The maximum atomic E-state index is 11.0. The summed E-state index contributed by atoms with van der Waals surface area (Å²) in [4.78, 5) is 0.126. The van der Waals surface area contributed by atoms with Gasteiger partial charge < -0.3 is 10.1 Å². The van der Waals surface area contributed by atoms with Crippen LogP contribution < -0.4 is 10.5 Å². The number of rotatable bonds is 3. The molecule has 1 aliphatic rings. The Balaban J connectivity index is 2.07. The molecule has 0 saturated carbocycles. The normalized spacial score (nSPS) is 20.9. The lowest BCUT2D eigenvalue weighted by Crippen LogP contribution is -2.19. The predicted octanol–water partition coefficient (Wildman–Crippen LogP) is 0.535. The Hall–Kier alpha value is -1.11.